The van der Waals surface area contributed by atoms with Crippen molar-refractivity contribution in [2.45, 2.75) is 20.8 Å². The van der Waals surface area contributed by atoms with Crippen LogP contribution in [0.5, 0.6) is 5.75 Å². The second-order valence-corrected chi connectivity index (χ2v) is 4.59. The van der Waals surface area contributed by atoms with E-state index in [0.717, 1.165) is 16.7 Å². The maximum atomic E-state index is 12.6. The van der Waals surface area contributed by atoms with Crippen LogP contribution in [0.25, 0.3) is 0 Å². The third-order valence-electron chi connectivity index (χ3n) is 3.35. The lowest BCUT2D eigenvalue weighted by molar-refractivity contribution is 0.103. The number of hydrogen-bond acceptors (Lipinski definition) is 3. The van der Waals surface area contributed by atoms with E-state index in [1.165, 1.54) is 0 Å². The predicted molar refractivity (Wildman–Crippen MR) is 74.9 cm³/mol. The molecule has 2 aromatic rings. The number of ketones is 1. The van der Waals surface area contributed by atoms with E-state index in [0.29, 0.717) is 17.0 Å². The first-order chi connectivity index (χ1) is 9.06. The molecule has 0 atom stereocenters. The van der Waals surface area contributed by atoms with Crippen LogP contribution in [0.15, 0.2) is 30.5 Å². The predicted octanol–water partition coefficient (Wildman–Crippen LogP) is 3.25. The monoisotopic (exact) mass is 255 g/mol. The van der Waals surface area contributed by atoms with Crippen LogP contribution in [-0.2, 0) is 0 Å². The van der Waals surface area contributed by atoms with Crippen molar-refractivity contribution in [2.24, 2.45) is 0 Å². The Bertz CT molecular complexity index is 633. The molecule has 19 heavy (non-hydrogen) atoms. The summed E-state index contributed by atoms with van der Waals surface area (Å²) in [4.78, 5) is 16.7. The van der Waals surface area contributed by atoms with Crippen LogP contribution in [0, 0.1) is 20.8 Å². The number of hydrogen-bond donors (Lipinski definition) is 0. The van der Waals surface area contributed by atoms with E-state index < -0.39 is 0 Å². The highest BCUT2D eigenvalue weighted by Gasteiger charge is 2.19. The molecule has 0 bridgehead atoms. The molecule has 1 heterocycles. The lowest BCUT2D eigenvalue weighted by Crippen LogP contribution is -2.09. The Kier molecular flexibility index (Phi) is 3.65. The first-order valence-electron chi connectivity index (χ1n) is 6.16. The van der Waals surface area contributed by atoms with E-state index in [4.69, 9.17) is 4.74 Å². The molecule has 0 fully saturated rings. The summed E-state index contributed by atoms with van der Waals surface area (Å²) in [5, 5.41) is 0. The number of benzene rings is 1. The number of ether oxygens (including phenoxy) is 1. The fourth-order valence-electron chi connectivity index (χ4n) is 2.08. The zero-order valence-corrected chi connectivity index (χ0v) is 11.7. The molecular weight excluding hydrogens is 238 g/mol. The highest BCUT2D eigenvalue weighted by Crippen LogP contribution is 2.28. The fourth-order valence-corrected chi connectivity index (χ4v) is 2.08. The van der Waals surface area contributed by atoms with Gasteiger partial charge in [0.15, 0.2) is 0 Å². The molecule has 0 amide bonds. The number of aromatic nitrogens is 1. The number of pyridine rings is 1. The summed E-state index contributed by atoms with van der Waals surface area (Å²) >= 11 is 0. The molecule has 0 radical (unpaired) electrons. The highest BCUT2D eigenvalue weighted by molar-refractivity contribution is 6.10. The summed E-state index contributed by atoms with van der Waals surface area (Å²) in [5.41, 5.74) is 4.00. The largest absolute Gasteiger partial charge is 0.496 e. The molecule has 2 rings (SSSR count). The Morgan fingerprint density at radius 3 is 2.47 bits per heavy atom. The molecule has 0 unspecified atom stereocenters. The normalized spacial score (nSPS) is 10.3. The fraction of sp³-hybridized carbons (Fsp3) is 0.250. The number of rotatable bonds is 3. The third kappa shape index (κ3) is 2.36. The average molecular weight is 255 g/mol. The topological polar surface area (TPSA) is 39.2 Å². The zero-order chi connectivity index (χ0) is 14.0. The maximum absolute atomic E-state index is 12.6. The molecule has 3 nitrogen and oxygen atoms in total. The van der Waals surface area contributed by atoms with Crippen molar-refractivity contribution in [3.8, 4) is 5.75 Å². The van der Waals surface area contributed by atoms with Crippen LogP contribution >= 0.6 is 0 Å². The van der Waals surface area contributed by atoms with Crippen molar-refractivity contribution in [3.05, 3.63) is 58.4 Å². The van der Waals surface area contributed by atoms with Crippen LogP contribution in [0.2, 0.25) is 0 Å². The molecule has 0 saturated carbocycles. The minimum atomic E-state index is -0.0990. The van der Waals surface area contributed by atoms with Crippen LogP contribution in [0.3, 0.4) is 0 Å². The molecule has 0 N–H and O–H groups in total. The first-order valence-corrected chi connectivity index (χ1v) is 6.16. The van der Waals surface area contributed by atoms with Crippen molar-refractivity contribution in [1.29, 1.82) is 0 Å². The molecule has 0 spiro atoms. The van der Waals surface area contributed by atoms with Gasteiger partial charge < -0.3 is 4.74 Å². The summed E-state index contributed by atoms with van der Waals surface area (Å²) in [5.74, 6) is 0.535. The van der Waals surface area contributed by atoms with Gasteiger partial charge in [0.25, 0.3) is 0 Å². The van der Waals surface area contributed by atoms with E-state index in [1.54, 1.807) is 19.4 Å². The van der Waals surface area contributed by atoms with Gasteiger partial charge >= 0.3 is 0 Å². The molecule has 0 aliphatic carbocycles. The molecule has 0 aliphatic heterocycles. The van der Waals surface area contributed by atoms with Gasteiger partial charge in [0.1, 0.15) is 11.4 Å². The van der Waals surface area contributed by atoms with Gasteiger partial charge in [-0.2, -0.15) is 0 Å². The number of aryl methyl sites for hydroxylation is 2. The Balaban J connectivity index is 2.57. The van der Waals surface area contributed by atoms with E-state index >= 15 is 0 Å². The Morgan fingerprint density at radius 2 is 1.84 bits per heavy atom. The lowest BCUT2D eigenvalue weighted by atomic mass is 9.98. The first kappa shape index (κ1) is 13.3. The van der Waals surface area contributed by atoms with Gasteiger partial charge in [-0.25, -0.2) is 0 Å². The van der Waals surface area contributed by atoms with Crippen LogP contribution in [-0.4, -0.2) is 17.9 Å². The maximum Gasteiger partial charge on any atom is 0.215 e. The standard InChI is InChI=1S/C16H17NO2/c1-10-7-8-13(16(19-4)12(10)3)15(18)14-11(2)6-5-9-17-14/h5-9H,1-4H3. The van der Waals surface area contributed by atoms with E-state index in [9.17, 15) is 4.79 Å². The quantitative estimate of drug-likeness (QED) is 0.790. The molecular formula is C16H17NO2. The van der Waals surface area contributed by atoms with Crippen LogP contribution in [0.1, 0.15) is 32.7 Å². The zero-order valence-electron chi connectivity index (χ0n) is 11.7. The number of carbonyl (C=O) groups is 1. The average Bonchev–Trinajstić information content (AvgIpc) is 2.41. The number of nitrogens with zero attached hydrogens (tertiary/aromatic N) is 1. The second-order valence-electron chi connectivity index (χ2n) is 4.59. The summed E-state index contributed by atoms with van der Waals surface area (Å²) in [6.45, 7) is 5.84. The minimum absolute atomic E-state index is 0.0990. The Labute approximate surface area is 113 Å². The van der Waals surface area contributed by atoms with Crippen molar-refractivity contribution in [3.63, 3.8) is 0 Å². The van der Waals surface area contributed by atoms with Crippen molar-refractivity contribution < 1.29 is 9.53 Å². The summed E-state index contributed by atoms with van der Waals surface area (Å²) in [7, 11) is 1.59. The van der Waals surface area contributed by atoms with E-state index in [-0.39, 0.29) is 5.78 Å². The van der Waals surface area contributed by atoms with Crippen molar-refractivity contribution >= 4 is 5.78 Å². The van der Waals surface area contributed by atoms with Gasteiger partial charge in [0.2, 0.25) is 5.78 Å². The number of methoxy groups -OCH3 is 1. The Morgan fingerprint density at radius 1 is 1.11 bits per heavy atom. The van der Waals surface area contributed by atoms with Crippen LogP contribution in [0.4, 0.5) is 0 Å². The van der Waals surface area contributed by atoms with E-state index in [1.807, 2.05) is 39.0 Å². The molecule has 98 valence electrons. The van der Waals surface area contributed by atoms with Gasteiger partial charge in [0, 0.05) is 6.20 Å². The molecule has 3 heteroatoms. The van der Waals surface area contributed by atoms with Crippen molar-refractivity contribution in [2.75, 3.05) is 7.11 Å². The smallest absolute Gasteiger partial charge is 0.215 e. The molecule has 0 saturated heterocycles. The van der Waals surface area contributed by atoms with E-state index in [2.05, 4.69) is 4.98 Å². The lowest BCUT2D eigenvalue weighted by Gasteiger charge is -2.13. The SMILES string of the molecule is COc1c(C(=O)c2ncccc2C)ccc(C)c1C. The highest BCUT2D eigenvalue weighted by atomic mass is 16.5. The molecule has 1 aromatic carbocycles. The Hall–Kier alpha value is -2.16. The third-order valence-corrected chi connectivity index (χ3v) is 3.35. The number of carbonyl (C=O) groups excluding carboxylic acids is 1. The minimum Gasteiger partial charge on any atom is -0.496 e. The summed E-state index contributed by atoms with van der Waals surface area (Å²) in [6.07, 6.45) is 1.63. The molecule has 1 aromatic heterocycles. The van der Waals surface area contributed by atoms with Gasteiger partial charge in [0.05, 0.1) is 12.7 Å². The van der Waals surface area contributed by atoms with Gasteiger partial charge in [-0.15, -0.1) is 0 Å². The van der Waals surface area contributed by atoms with Gasteiger partial charge in [-0.05, 0) is 49.6 Å². The summed E-state index contributed by atoms with van der Waals surface area (Å²) in [6, 6.07) is 7.44. The summed E-state index contributed by atoms with van der Waals surface area (Å²) < 4.78 is 5.39. The van der Waals surface area contributed by atoms with Crippen LogP contribution < -0.4 is 4.74 Å². The van der Waals surface area contributed by atoms with Gasteiger partial charge in [-0.1, -0.05) is 12.1 Å². The molecule has 0 aliphatic rings. The van der Waals surface area contributed by atoms with Crippen molar-refractivity contribution in [1.82, 2.24) is 4.98 Å². The second kappa shape index (κ2) is 5.22. The van der Waals surface area contributed by atoms with Gasteiger partial charge in [-0.3, -0.25) is 9.78 Å².